The van der Waals surface area contributed by atoms with Gasteiger partial charge in [0.05, 0.1) is 6.42 Å². The number of benzene rings is 1. The van der Waals surface area contributed by atoms with Gasteiger partial charge in [-0.3, -0.25) is 4.90 Å². The summed E-state index contributed by atoms with van der Waals surface area (Å²) in [5, 5.41) is 0. The molecule has 0 fully saturated rings. The van der Waals surface area contributed by atoms with Gasteiger partial charge in [-0.1, -0.05) is 24.3 Å². The van der Waals surface area contributed by atoms with Crippen LogP contribution in [0.4, 0.5) is 13.2 Å². The Hall–Kier alpha value is -1.03. The van der Waals surface area contributed by atoms with Crippen LogP contribution in [0.2, 0.25) is 0 Å². The molecule has 1 nitrogen and oxygen atoms in total. The largest absolute Gasteiger partial charge is 0.390 e. The first-order valence-corrected chi connectivity index (χ1v) is 5.90. The molecular formula is C13H16F3N. The summed E-state index contributed by atoms with van der Waals surface area (Å²) in [5.74, 6) is 0. The van der Waals surface area contributed by atoms with Crippen LogP contribution in [0.5, 0.6) is 0 Å². The fraction of sp³-hybridized carbons (Fsp3) is 0.538. The predicted molar refractivity (Wildman–Crippen MR) is 60.7 cm³/mol. The minimum Gasteiger partial charge on any atom is -0.299 e. The third kappa shape index (κ3) is 3.73. The van der Waals surface area contributed by atoms with Gasteiger partial charge in [-0.05, 0) is 30.5 Å². The lowest BCUT2D eigenvalue weighted by molar-refractivity contribution is -0.138. The highest BCUT2D eigenvalue weighted by Gasteiger charge is 2.28. The Morgan fingerprint density at radius 2 is 1.82 bits per heavy atom. The summed E-state index contributed by atoms with van der Waals surface area (Å²) in [6, 6.07) is 8.03. The summed E-state index contributed by atoms with van der Waals surface area (Å²) in [6.07, 6.45) is -2.85. The predicted octanol–water partition coefficient (Wildman–Crippen LogP) is 3.39. The van der Waals surface area contributed by atoms with Crippen molar-refractivity contribution in [2.24, 2.45) is 0 Å². The lowest BCUT2D eigenvalue weighted by Gasteiger charge is -2.21. The molecule has 1 aromatic carbocycles. The molecule has 0 bridgehead atoms. The third-order valence-electron chi connectivity index (χ3n) is 3.14. The summed E-state index contributed by atoms with van der Waals surface area (Å²) in [4.78, 5) is 1.90. The Balaban J connectivity index is 1.98. The number of rotatable bonds is 2. The molecule has 0 saturated heterocycles. The van der Waals surface area contributed by atoms with Crippen molar-refractivity contribution in [2.75, 3.05) is 13.1 Å². The van der Waals surface area contributed by atoms with E-state index >= 15 is 0 Å². The van der Waals surface area contributed by atoms with E-state index in [1.54, 1.807) is 0 Å². The molecule has 94 valence electrons. The number of hydrogen-bond acceptors (Lipinski definition) is 1. The van der Waals surface area contributed by atoms with Gasteiger partial charge in [-0.2, -0.15) is 13.2 Å². The average molecular weight is 243 g/mol. The molecule has 0 spiro atoms. The van der Waals surface area contributed by atoms with E-state index in [1.807, 2.05) is 23.1 Å². The lowest BCUT2D eigenvalue weighted by Crippen LogP contribution is -2.28. The monoisotopic (exact) mass is 243 g/mol. The van der Waals surface area contributed by atoms with Crippen LogP contribution in [0.15, 0.2) is 24.3 Å². The topological polar surface area (TPSA) is 3.24 Å². The minimum absolute atomic E-state index is 0.109. The highest BCUT2D eigenvalue weighted by Crippen LogP contribution is 2.23. The van der Waals surface area contributed by atoms with Crippen molar-refractivity contribution in [1.29, 1.82) is 0 Å². The SMILES string of the molecule is FC(F)(F)CCN1CCCc2ccccc2C1. The van der Waals surface area contributed by atoms with Gasteiger partial charge in [0, 0.05) is 13.1 Å². The van der Waals surface area contributed by atoms with Crippen molar-refractivity contribution in [3.63, 3.8) is 0 Å². The molecule has 0 atom stereocenters. The molecule has 0 radical (unpaired) electrons. The highest BCUT2D eigenvalue weighted by atomic mass is 19.4. The van der Waals surface area contributed by atoms with Crippen LogP contribution in [0.25, 0.3) is 0 Å². The Bertz CT molecular complexity index is 373. The molecule has 0 N–H and O–H groups in total. The van der Waals surface area contributed by atoms with Crippen molar-refractivity contribution in [3.8, 4) is 0 Å². The molecule has 0 saturated carbocycles. The van der Waals surface area contributed by atoms with E-state index in [4.69, 9.17) is 0 Å². The fourth-order valence-electron chi connectivity index (χ4n) is 2.24. The zero-order chi connectivity index (χ0) is 12.3. The number of nitrogens with zero attached hydrogens (tertiary/aromatic N) is 1. The van der Waals surface area contributed by atoms with Crippen LogP contribution in [-0.4, -0.2) is 24.2 Å². The molecule has 0 amide bonds. The molecule has 0 aromatic heterocycles. The molecule has 4 heteroatoms. The van der Waals surface area contributed by atoms with Crippen LogP contribution >= 0.6 is 0 Å². The van der Waals surface area contributed by atoms with Crippen molar-refractivity contribution >= 4 is 0 Å². The number of hydrogen-bond donors (Lipinski definition) is 0. The van der Waals surface area contributed by atoms with Gasteiger partial charge < -0.3 is 0 Å². The van der Waals surface area contributed by atoms with Crippen molar-refractivity contribution < 1.29 is 13.2 Å². The summed E-state index contributed by atoms with van der Waals surface area (Å²) >= 11 is 0. The average Bonchev–Trinajstić information content (AvgIpc) is 2.47. The molecular weight excluding hydrogens is 227 g/mol. The normalized spacial score (nSPS) is 17.6. The number of halogens is 3. The van der Waals surface area contributed by atoms with Crippen LogP contribution in [0.3, 0.4) is 0 Å². The first-order valence-electron chi connectivity index (χ1n) is 5.90. The Kier molecular flexibility index (Phi) is 3.72. The fourth-order valence-corrected chi connectivity index (χ4v) is 2.24. The van der Waals surface area contributed by atoms with Crippen molar-refractivity contribution in [1.82, 2.24) is 4.90 Å². The number of fused-ring (bicyclic) bond motifs is 1. The summed E-state index contributed by atoms with van der Waals surface area (Å²) in [5.41, 5.74) is 2.45. The van der Waals surface area contributed by atoms with E-state index in [9.17, 15) is 13.2 Å². The maximum Gasteiger partial charge on any atom is 0.390 e. The number of aryl methyl sites for hydroxylation is 1. The Labute approximate surface area is 99.2 Å². The van der Waals surface area contributed by atoms with E-state index in [2.05, 4.69) is 6.07 Å². The van der Waals surface area contributed by atoms with Gasteiger partial charge in [0.25, 0.3) is 0 Å². The van der Waals surface area contributed by atoms with E-state index < -0.39 is 12.6 Å². The van der Waals surface area contributed by atoms with E-state index in [-0.39, 0.29) is 6.54 Å². The van der Waals surface area contributed by atoms with E-state index in [1.165, 1.54) is 11.1 Å². The van der Waals surface area contributed by atoms with E-state index in [0.717, 1.165) is 19.4 Å². The lowest BCUT2D eigenvalue weighted by atomic mass is 10.0. The maximum absolute atomic E-state index is 12.2. The molecule has 0 unspecified atom stereocenters. The Morgan fingerprint density at radius 3 is 2.53 bits per heavy atom. The second-order valence-electron chi connectivity index (χ2n) is 4.51. The van der Waals surface area contributed by atoms with Gasteiger partial charge in [-0.25, -0.2) is 0 Å². The molecule has 1 aliphatic rings. The molecule has 17 heavy (non-hydrogen) atoms. The zero-order valence-electron chi connectivity index (χ0n) is 9.63. The smallest absolute Gasteiger partial charge is 0.299 e. The zero-order valence-corrected chi connectivity index (χ0v) is 9.63. The van der Waals surface area contributed by atoms with Gasteiger partial charge >= 0.3 is 6.18 Å². The summed E-state index contributed by atoms with van der Waals surface area (Å²) < 4.78 is 36.5. The maximum atomic E-state index is 12.2. The quantitative estimate of drug-likeness (QED) is 0.769. The van der Waals surface area contributed by atoms with Crippen LogP contribution < -0.4 is 0 Å². The second kappa shape index (κ2) is 5.08. The number of alkyl halides is 3. The van der Waals surface area contributed by atoms with E-state index in [0.29, 0.717) is 6.54 Å². The summed E-state index contributed by atoms with van der Waals surface area (Å²) in [7, 11) is 0. The van der Waals surface area contributed by atoms with Gasteiger partial charge in [0.1, 0.15) is 0 Å². The third-order valence-corrected chi connectivity index (χ3v) is 3.14. The molecule has 1 heterocycles. The van der Waals surface area contributed by atoms with Crippen LogP contribution in [0.1, 0.15) is 24.0 Å². The minimum atomic E-state index is -4.05. The van der Waals surface area contributed by atoms with Crippen molar-refractivity contribution in [2.45, 2.75) is 32.0 Å². The molecule has 0 aliphatic carbocycles. The van der Waals surface area contributed by atoms with Gasteiger partial charge in [-0.15, -0.1) is 0 Å². The second-order valence-corrected chi connectivity index (χ2v) is 4.51. The highest BCUT2D eigenvalue weighted by molar-refractivity contribution is 5.27. The molecule has 1 aromatic rings. The molecule has 1 aliphatic heterocycles. The van der Waals surface area contributed by atoms with Crippen LogP contribution in [-0.2, 0) is 13.0 Å². The van der Waals surface area contributed by atoms with Crippen LogP contribution in [0, 0.1) is 0 Å². The van der Waals surface area contributed by atoms with Crippen molar-refractivity contribution in [3.05, 3.63) is 35.4 Å². The molecule has 2 rings (SSSR count). The summed E-state index contributed by atoms with van der Waals surface area (Å²) in [6.45, 7) is 1.51. The first kappa shape index (κ1) is 12.4. The standard InChI is InChI=1S/C13H16F3N/c14-13(15,16)7-9-17-8-3-6-11-4-1-2-5-12(11)10-17/h1-2,4-5H,3,6-10H2. The van der Waals surface area contributed by atoms with Gasteiger partial charge in [0.2, 0.25) is 0 Å². The van der Waals surface area contributed by atoms with Gasteiger partial charge in [0.15, 0.2) is 0 Å². The Morgan fingerprint density at radius 1 is 1.12 bits per heavy atom. The first-order chi connectivity index (χ1) is 8.04.